The van der Waals surface area contributed by atoms with Crippen molar-refractivity contribution < 1.29 is 14.3 Å². The lowest BCUT2D eigenvalue weighted by Crippen LogP contribution is -2.36. The highest BCUT2D eigenvalue weighted by Crippen LogP contribution is 2.59. The van der Waals surface area contributed by atoms with E-state index in [1.54, 1.807) is 24.3 Å². The molecule has 0 unspecified atom stereocenters. The molecule has 1 saturated heterocycles. The number of hydrogen-bond acceptors (Lipinski definition) is 6. The number of ether oxygens (including phenoxy) is 1. The van der Waals surface area contributed by atoms with Crippen molar-refractivity contribution in [2.75, 3.05) is 7.11 Å². The van der Waals surface area contributed by atoms with E-state index in [4.69, 9.17) is 4.74 Å². The average Bonchev–Trinajstić information content (AvgIpc) is 3.10. The summed E-state index contributed by atoms with van der Waals surface area (Å²) in [4.78, 5) is 26.4. The Kier molecular flexibility index (Phi) is 4.64. The molecule has 0 bridgehead atoms. The molecule has 6 heteroatoms. The van der Waals surface area contributed by atoms with Crippen LogP contribution in [0.2, 0.25) is 0 Å². The molecule has 2 aliphatic heterocycles. The zero-order valence-electron chi connectivity index (χ0n) is 16.6. The molecule has 4 rings (SSSR count). The monoisotopic (exact) mass is 397 g/mol. The number of esters is 1. The maximum atomic E-state index is 12.8. The third-order valence-electron chi connectivity index (χ3n) is 6.05. The average molecular weight is 397 g/mol. The summed E-state index contributed by atoms with van der Waals surface area (Å²) in [5, 5.41) is 20.6. The van der Waals surface area contributed by atoms with Crippen molar-refractivity contribution in [3.8, 4) is 12.1 Å². The van der Waals surface area contributed by atoms with Crippen LogP contribution in [-0.2, 0) is 9.53 Å². The van der Waals surface area contributed by atoms with E-state index in [2.05, 4.69) is 12.1 Å². The Bertz CT molecular complexity index is 1120. The van der Waals surface area contributed by atoms with Crippen LogP contribution in [0.1, 0.15) is 45.9 Å². The third kappa shape index (κ3) is 2.62. The van der Waals surface area contributed by atoms with Gasteiger partial charge >= 0.3 is 5.97 Å². The molecule has 6 nitrogen and oxygen atoms in total. The fourth-order valence-electron chi connectivity index (χ4n) is 4.77. The summed E-state index contributed by atoms with van der Waals surface area (Å²) in [6.45, 7) is 1.48. The highest BCUT2D eigenvalue weighted by atomic mass is 16.5. The minimum Gasteiger partial charge on any atom is -0.465 e. The number of ketones is 1. The number of Topliss-reactive ketones (excluding diaryl/α,β-unsaturated/α-hetero) is 1. The number of benzene rings is 2. The molecule has 2 aromatic carbocycles. The minimum absolute atomic E-state index is 0.126. The first-order valence-electron chi connectivity index (χ1n) is 9.54. The van der Waals surface area contributed by atoms with Gasteiger partial charge in [0.25, 0.3) is 0 Å². The zero-order valence-corrected chi connectivity index (χ0v) is 16.6. The molecule has 0 radical (unpaired) electrons. The Hall–Kier alpha value is -3.90. The molecule has 148 valence electrons. The molecule has 0 spiro atoms. The predicted molar refractivity (Wildman–Crippen MR) is 109 cm³/mol. The Morgan fingerprint density at radius 1 is 1.07 bits per heavy atom. The summed E-state index contributed by atoms with van der Waals surface area (Å²) in [6, 6.07) is 17.5. The SMILES string of the molecule is COC(=O)c1ccc([C@H]2[C@H](C(C)=O)N3C=Cc4ccccc4[C@@H]3C2(C#N)C#N)cc1. The molecule has 2 heterocycles. The van der Waals surface area contributed by atoms with Crippen LogP contribution >= 0.6 is 0 Å². The van der Waals surface area contributed by atoms with Crippen LogP contribution in [0.3, 0.4) is 0 Å². The predicted octanol–water partition coefficient (Wildman–Crippen LogP) is 3.59. The lowest BCUT2D eigenvalue weighted by molar-refractivity contribution is -0.121. The van der Waals surface area contributed by atoms with Crippen molar-refractivity contribution in [2.24, 2.45) is 5.41 Å². The number of nitrogens with zero attached hydrogens (tertiary/aromatic N) is 3. The fraction of sp³-hybridized carbons (Fsp3) is 0.250. The Morgan fingerprint density at radius 2 is 1.73 bits per heavy atom. The Morgan fingerprint density at radius 3 is 2.33 bits per heavy atom. The number of nitriles is 2. The van der Waals surface area contributed by atoms with Gasteiger partial charge in [0.1, 0.15) is 0 Å². The van der Waals surface area contributed by atoms with Crippen molar-refractivity contribution >= 4 is 17.8 Å². The molecular formula is C24H19N3O3. The summed E-state index contributed by atoms with van der Waals surface area (Å²) >= 11 is 0. The summed E-state index contributed by atoms with van der Waals surface area (Å²) in [5.74, 6) is -1.28. The van der Waals surface area contributed by atoms with Crippen LogP contribution in [0, 0.1) is 28.1 Å². The number of fused-ring (bicyclic) bond motifs is 3. The molecule has 0 aromatic heterocycles. The fourth-order valence-corrected chi connectivity index (χ4v) is 4.77. The molecule has 2 aliphatic rings. The lowest BCUT2D eigenvalue weighted by Gasteiger charge is -2.34. The van der Waals surface area contributed by atoms with Gasteiger partial charge in [0.2, 0.25) is 0 Å². The van der Waals surface area contributed by atoms with Crippen molar-refractivity contribution in [1.82, 2.24) is 4.90 Å². The number of carbonyl (C=O) groups is 2. The second-order valence-corrected chi connectivity index (χ2v) is 7.53. The first kappa shape index (κ1) is 19.4. The van der Waals surface area contributed by atoms with E-state index in [0.717, 1.165) is 11.1 Å². The van der Waals surface area contributed by atoms with Crippen LogP contribution in [0.5, 0.6) is 0 Å². The van der Waals surface area contributed by atoms with Gasteiger partial charge in [-0.05, 0) is 41.8 Å². The highest BCUT2D eigenvalue weighted by Gasteiger charge is 2.63. The maximum absolute atomic E-state index is 12.8. The van der Waals surface area contributed by atoms with Crippen LogP contribution in [0.15, 0.2) is 54.7 Å². The van der Waals surface area contributed by atoms with Gasteiger partial charge in [-0.25, -0.2) is 4.79 Å². The zero-order chi connectivity index (χ0) is 21.5. The molecule has 0 aliphatic carbocycles. The van der Waals surface area contributed by atoms with Gasteiger partial charge in [-0.3, -0.25) is 4.79 Å². The van der Waals surface area contributed by atoms with E-state index in [0.29, 0.717) is 11.1 Å². The van der Waals surface area contributed by atoms with E-state index in [1.165, 1.54) is 14.0 Å². The Balaban J connectivity index is 1.92. The second-order valence-electron chi connectivity index (χ2n) is 7.53. The third-order valence-corrected chi connectivity index (χ3v) is 6.05. The van der Waals surface area contributed by atoms with Gasteiger partial charge in [-0.2, -0.15) is 10.5 Å². The highest BCUT2D eigenvalue weighted by molar-refractivity contribution is 5.89. The number of hydrogen-bond donors (Lipinski definition) is 0. The van der Waals surface area contributed by atoms with Gasteiger partial charge in [0.15, 0.2) is 11.2 Å². The quantitative estimate of drug-likeness (QED) is 0.735. The van der Waals surface area contributed by atoms with E-state index < -0.39 is 29.4 Å². The normalized spacial score (nSPS) is 22.9. The van der Waals surface area contributed by atoms with Gasteiger partial charge < -0.3 is 9.64 Å². The van der Waals surface area contributed by atoms with Crippen molar-refractivity contribution in [2.45, 2.75) is 24.9 Å². The molecule has 0 amide bonds. The van der Waals surface area contributed by atoms with Gasteiger partial charge in [0.05, 0.1) is 36.9 Å². The lowest BCUT2D eigenvalue weighted by atomic mass is 9.67. The van der Waals surface area contributed by atoms with Crippen LogP contribution in [0.25, 0.3) is 6.08 Å². The van der Waals surface area contributed by atoms with Gasteiger partial charge in [-0.1, -0.05) is 36.4 Å². The second kappa shape index (κ2) is 7.17. The first-order chi connectivity index (χ1) is 14.5. The molecule has 1 fully saturated rings. The largest absolute Gasteiger partial charge is 0.465 e. The van der Waals surface area contributed by atoms with Crippen molar-refractivity contribution in [3.05, 3.63) is 77.0 Å². The topological polar surface area (TPSA) is 94.2 Å². The van der Waals surface area contributed by atoms with Crippen LogP contribution in [-0.4, -0.2) is 29.8 Å². The van der Waals surface area contributed by atoms with E-state index in [1.807, 2.05) is 41.4 Å². The van der Waals surface area contributed by atoms with Crippen molar-refractivity contribution in [1.29, 1.82) is 10.5 Å². The maximum Gasteiger partial charge on any atom is 0.337 e. The summed E-state index contributed by atoms with van der Waals surface area (Å²) in [7, 11) is 1.30. The molecular weight excluding hydrogens is 378 g/mol. The molecule has 30 heavy (non-hydrogen) atoms. The van der Waals surface area contributed by atoms with Crippen molar-refractivity contribution in [3.63, 3.8) is 0 Å². The first-order valence-corrected chi connectivity index (χ1v) is 9.54. The standard InChI is InChI=1S/C24H19N3O3/c1-15(28)21-20(17-7-9-18(10-8-17)23(29)30-2)24(13-25,14-26)22-19-6-4-3-5-16(19)11-12-27(21)22/h3-12,20-22H,1-2H3/t20-,21-,22+/m0/s1. The van der Waals surface area contributed by atoms with Gasteiger partial charge in [-0.15, -0.1) is 0 Å². The Labute approximate surface area is 174 Å². The summed E-state index contributed by atoms with van der Waals surface area (Å²) < 4.78 is 4.75. The van der Waals surface area contributed by atoms with Crippen LogP contribution < -0.4 is 0 Å². The number of rotatable bonds is 3. The molecule has 3 atom stereocenters. The molecule has 0 saturated carbocycles. The van der Waals surface area contributed by atoms with E-state index >= 15 is 0 Å². The molecule has 2 aromatic rings. The van der Waals surface area contributed by atoms with E-state index in [-0.39, 0.29) is 5.78 Å². The van der Waals surface area contributed by atoms with Crippen LogP contribution in [0.4, 0.5) is 0 Å². The van der Waals surface area contributed by atoms with Gasteiger partial charge in [0, 0.05) is 12.1 Å². The minimum atomic E-state index is -1.48. The summed E-state index contributed by atoms with van der Waals surface area (Å²) in [5.41, 5.74) is 1.32. The molecule has 0 N–H and O–H groups in total. The smallest absolute Gasteiger partial charge is 0.337 e. The summed E-state index contributed by atoms with van der Waals surface area (Å²) in [6.07, 6.45) is 3.72. The van der Waals surface area contributed by atoms with E-state index in [9.17, 15) is 20.1 Å². The number of methoxy groups -OCH3 is 1. The number of carbonyl (C=O) groups excluding carboxylic acids is 2.